The average Bonchev–Trinajstić information content (AvgIpc) is 3.17. The quantitative estimate of drug-likeness (QED) is 0.315. The Balaban J connectivity index is 1.97. The molecule has 2 aromatic rings. The largest absolute Gasteiger partial charge is 0.394 e. The van der Waals surface area contributed by atoms with Crippen molar-refractivity contribution in [3.63, 3.8) is 0 Å². The van der Waals surface area contributed by atoms with Crippen molar-refractivity contribution >= 4 is 23.0 Å². The van der Waals surface area contributed by atoms with Crippen molar-refractivity contribution < 1.29 is 19.7 Å². The molecular formula is C15H23N7O5. The maximum Gasteiger partial charge on any atom is 0.280 e. The van der Waals surface area contributed by atoms with Crippen LogP contribution in [0.25, 0.3) is 11.2 Å². The summed E-state index contributed by atoms with van der Waals surface area (Å²) in [6, 6.07) is -1.68. The van der Waals surface area contributed by atoms with Gasteiger partial charge < -0.3 is 31.7 Å². The molecule has 1 aliphatic heterocycles. The van der Waals surface area contributed by atoms with Crippen molar-refractivity contribution in [1.82, 2.24) is 24.8 Å². The Labute approximate surface area is 153 Å². The van der Waals surface area contributed by atoms with Gasteiger partial charge in [-0.15, -0.1) is 0 Å². The number of aliphatic hydroxyl groups is 2. The van der Waals surface area contributed by atoms with E-state index < -0.39 is 48.6 Å². The van der Waals surface area contributed by atoms with E-state index in [0.717, 1.165) is 6.42 Å². The van der Waals surface area contributed by atoms with Crippen molar-refractivity contribution in [3.8, 4) is 0 Å². The molecule has 5 atom stereocenters. The van der Waals surface area contributed by atoms with E-state index in [4.69, 9.17) is 16.2 Å². The molecule has 148 valence electrons. The lowest BCUT2D eigenvalue weighted by molar-refractivity contribution is -0.124. The number of rotatable bonds is 6. The second-order valence-electron chi connectivity index (χ2n) is 6.44. The number of aromatic nitrogens is 4. The van der Waals surface area contributed by atoms with E-state index in [2.05, 4.69) is 20.3 Å². The molecule has 1 aliphatic rings. The van der Waals surface area contributed by atoms with E-state index in [0.29, 0.717) is 6.42 Å². The molecule has 0 radical (unpaired) electrons. The first kappa shape index (κ1) is 19.2. The molecule has 12 nitrogen and oxygen atoms in total. The van der Waals surface area contributed by atoms with Gasteiger partial charge in [-0.25, -0.2) is 4.98 Å². The third-order valence-electron chi connectivity index (χ3n) is 4.52. The maximum absolute atomic E-state index is 12.3. The summed E-state index contributed by atoms with van der Waals surface area (Å²) in [6.07, 6.45) is -0.610. The number of nitrogens with two attached hydrogens (primary N) is 2. The van der Waals surface area contributed by atoms with Gasteiger partial charge in [-0.2, -0.15) is 4.98 Å². The predicted octanol–water partition coefficient (Wildman–Crippen LogP) is -2.44. The summed E-state index contributed by atoms with van der Waals surface area (Å²) in [7, 11) is 0. The molecule has 3 rings (SSSR count). The topological polar surface area (TPSA) is 194 Å². The van der Waals surface area contributed by atoms with Crippen molar-refractivity contribution in [2.75, 3.05) is 12.3 Å². The molecule has 0 spiro atoms. The molecule has 2 aromatic heterocycles. The van der Waals surface area contributed by atoms with Gasteiger partial charge in [-0.3, -0.25) is 19.1 Å². The third kappa shape index (κ3) is 3.51. The highest BCUT2D eigenvalue weighted by Crippen LogP contribution is 2.31. The summed E-state index contributed by atoms with van der Waals surface area (Å²) in [6.45, 7) is 1.43. The molecule has 8 N–H and O–H groups in total. The van der Waals surface area contributed by atoms with Crippen molar-refractivity contribution in [2.45, 2.75) is 50.3 Å². The number of aromatic amines is 1. The number of nitrogens with zero attached hydrogens (tertiary/aromatic N) is 3. The summed E-state index contributed by atoms with van der Waals surface area (Å²) in [5, 5.41) is 22.6. The van der Waals surface area contributed by atoms with Crippen molar-refractivity contribution in [3.05, 3.63) is 16.7 Å². The monoisotopic (exact) mass is 381 g/mol. The van der Waals surface area contributed by atoms with Gasteiger partial charge in [0.05, 0.1) is 19.0 Å². The van der Waals surface area contributed by atoms with E-state index in [1.807, 2.05) is 6.92 Å². The molecule has 1 fully saturated rings. The first-order chi connectivity index (χ1) is 12.9. The number of ether oxygens (including phenoxy) is 1. The number of H-pyrrole nitrogens is 1. The van der Waals surface area contributed by atoms with Crippen LogP contribution in [0.2, 0.25) is 0 Å². The Kier molecular flexibility index (Phi) is 5.41. The summed E-state index contributed by atoms with van der Waals surface area (Å²) in [5.41, 5.74) is 11.1. The second-order valence-corrected chi connectivity index (χ2v) is 6.44. The molecule has 0 aliphatic carbocycles. The lowest BCUT2D eigenvalue weighted by Crippen LogP contribution is -2.51. The molecule has 1 amide bonds. The molecule has 27 heavy (non-hydrogen) atoms. The van der Waals surface area contributed by atoms with Crippen LogP contribution in [0.3, 0.4) is 0 Å². The highest BCUT2D eigenvalue weighted by atomic mass is 16.5. The van der Waals surface area contributed by atoms with E-state index in [1.165, 1.54) is 10.9 Å². The van der Waals surface area contributed by atoms with Crippen LogP contribution in [0, 0.1) is 0 Å². The lowest BCUT2D eigenvalue weighted by atomic mass is 10.1. The second kappa shape index (κ2) is 7.60. The Morgan fingerprint density at radius 1 is 1.56 bits per heavy atom. The number of nitrogen functional groups attached to an aromatic ring is 1. The number of aliphatic hydroxyl groups excluding tert-OH is 2. The smallest absolute Gasteiger partial charge is 0.280 e. The number of carbonyl (C=O) groups excluding carboxylic acids is 1. The van der Waals surface area contributed by atoms with Crippen molar-refractivity contribution in [1.29, 1.82) is 0 Å². The number of hydrogen-bond donors (Lipinski definition) is 6. The van der Waals surface area contributed by atoms with Crippen LogP contribution in [0.15, 0.2) is 11.1 Å². The number of carbonyl (C=O) groups is 1. The van der Waals surface area contributed by atoms with Gasteiger partial charge >= 0.3 is 0 Å². The fraction of sp³-hybridized carbons (Fsp3) is 0.600. The summed E-state index contributed by atoms with van der Waals surface area (Å²) in [4.78, 5) is 34.7. The number of anilines is 1. The number of amides is 1. The van der Waals surface area contributed by atoms with Gasteiger partial charge in [0.1, 0.15) is 18.2 Å². The zero-order valence-electron chi connectivity index (χ0n) is 14.7. The van der Waals surface area contributed by atoms with E-state index in [9.17, 15) is 19.8 Å². The first-order valence-electron chi connectivity index (χ1n) is 8.60. The maximum atomic E-state index is 12.3. The zero-order chi connectivity index (χ0) is 19.7. The van der Waals surface area contributed by atoms with Crippen LogP contribution in [0.1, 0.15) is 26.0 Å². The third-order valence-corrected chi connectivity index (χ3v) is 4.52. The highest BCUT2D eigenvalue weighted by molar-refractivity contribution is 5.82. The van der Waals surface area contributed by atoms with E-state index >= 15 is 0 Å². The Hall–Kier alpha value is -2.54. The van der Waals surface area contributed by atoms with E-state index in [1.54, 1.807) is 0 Å². The number of imidazole rings is 1. The molecule has 2 unspecified atom stereocenters. The van der Waals surface area contributed by atoms with Crippen LogP contribution in [-0.4, -0.2) is 66.5 Å². The number of nitrogens with one attached hydrogen (secondary N) is 2. The van der Waals surface area contributed by atoms with Crippen LogP contribution >= 0.6 is 0 Å². The van der Waals surface area contributed by atoms with E-state index in [-0.39, 0.29) is 17.1 Å². The Morgan fingerprint density at radius 2 is 2.30 bits per heavy atom. The molecular weight excluding hydrogens is 358 g/mol. The molecule has 1 saturated heterocycles. The summed E-state index contributed by atoms with van der Waals surface area (Å²) >= 11 is 0. The van der Waals surface area contributed by atoms with Gasteiger partial charge in [0, 0.05) is 0 Å². The first-order valence-corrected chi connectivity index (χ1v) is 8.60. The van der Waals surface area contributed by atoms with Crippen molar-refractivity contribution in [2.24, 2.45) is 5.73 Å². The van der Waals surface area contributed by atoms with Crippen LogP contribution in [-0.2, 0) is 9.53 Å². The fourth-order valence-corrected chi connectivity index (χ4v) is 3.13. The SMILES string of the molecule is CCCC(N)C(=O)NC1[C@@H](O)[C@@H](CO)O[C@H]1n1cnc2c(=O)[nH]c(N)nc21. The predicted molar refractivity (Wildman–Crippen MR) is 94.4 cm³/mol. The van der Waals surface area contributed by atoms with Gasteiger partial charge in [-0.1, -0.05) is 13.3 Å². The minimum Gasteiger partial charge on any atom is -0.394 e. The summed E-state index contributed by atoms with van der Waals surface area (Å²) in [5.74, 6) is -0.570. The standard InChI is InChI=1S/C15H23N7O5/c1-2-3-6(16)12(25)19-8-10(24)7(4-23)27-14(8)22-5-18-9-11(22)20-15(17)21-13(9)26/h5-8,10,14,23-24H,2-4,16H2,1H3,(H,19,25)(H3,17,20,21,26)/t6?,7-,8?,10+,14-/m1/s1. The number of hydrogen-bond acceptors (Lipinski definition) is 9. The van der Waals surface area contributed by atoms with Crippen LogP contribution < -0.4 is 22.3 Å². The Bertz CT molecular complexity index is 881. The average molecular weight is 381 g/mol. The normalized spacial score (nSPS) is 26.4. The molecule has 0 saturated carbocycles. The minimum absolute atomic E-state index is 0.0301. The van der Waals surface area contributed by atoms with Gasteiger partial charge in [0.2, 0.25) is 11.9 Å². The molecule has 12 heteroatoms. The fourth-order valence-electron chi connectivity index (χ4n) is 3.13. The lowest BCUT2D eigenvalue weighted by Gasteiger charge is -2.24. The number of fused-ring (bicyclic) bond motifs is 1. The summed E-state index contributed by atoms with van der Waals surface area (Å²) < 4.78 is 7.07. The highest BCUT2D eigenvalue weighted by Gasteiger charge is 2.46. The minimum atomic E-state index is -1.20. The molecule has 0 aromatic carbocycles. The zero-order valence-corrected chi connectivity index (χ0v) is 14.7. The Morgan fingerprint density at radius 3 is 2.96 bits per heavy atom. The van der Waals surface area contributed by atoms with Crippen LogP contribution in [0.4, 0.5) is 5.95 Å². The molecule has 0 bridgehead atoms. The van der Waals surface area contributed by atoms with Gasteiger partial charge in [0.15, 0.2) is 17.4 Å². The van der Waals surface area contributed by atoms with Gasteiger partial charge in [0.25, 0.3) is 5.56 Å². The molecule has 3 heterocycles. The van der Waals surface area contributed by atoms with Crippen LogP contribution in [0.5, 0.6) is 0 Å². The van der Waals surface area contributed by atoms with Gasteiger partial charge in [-0.05, 0) is 6.42 Å².